The lowest BCUT2D eigenvalue weighted by Gasteiger charge is -2.26. The summed E-state index contributed by atoms with van der Waals surface area (Å²) in [6.45, 7) is 5.67. The molecular formula is C24H26Cl2N4O5S. The van der Waals surface area contributed by atoms with Crippen molar-refractivity contribution < 1.29 is 23.8 Å². The summed E-state index contributed by atoms with van der Waals surface area (Å²) in [7, 11) is 1.51. The molecule has 192 valence electrons. The van der Waals surface area contributed by atoms with E-state index in [0.29, 0.717) is 39.5 Å². The molecule has 1 amide bonds. The highest BCUT2D eigenvalue weighted by Crippen LogP contribution is 2.38. The first kappa shape index (κ1) is 27.8. The van der Waals surface area contributed by atoms with Crippen LogP contribution in [0.2, 0.25) is 5.02 Å². The number of carbonyl (C=O) groups is 2. The second-order valence-electron chi connectivity index (χ2n) is 8.13. The van der Waals surface area contributed by atoms with Gasteiger partial charge in [0.25, 0.3) is 5.91 Å². The van der Waals surface area contributed by atoms with E-state index in [1.807, 2.05) is 19.1 Å². The van der Waals surface area contributed by atoms with Crippen molar-refractivity contribution in [1.82, 2.24) is 14.8 Å². The topological polar surface area (TPSA) is 103 Å². The number of amides is 1. The average molecular weight is 553 g/mol. The van der Waals surface area contributed by atoms with Crippen LogP contribution in [0.25, 0.3) is 4.91 Å². The van der Waals surface area contributed by atoms with Gasteiger partial charge in [0, 0.05) is 30.7 Å². The van der Waals surface area contributed by atoms with Crippen LogP contribution in [-0.4, -0.2) is 54.3 Å². The van der Waals surface area contributed by atoms with Crippen molar-refractivity contribution >= 4 is 57.6 Å². The molecule has 0 unspecified atom stereocenters. The number of nitrogens with zero attached hydrogens (tertiary/aromatic N) is 3. The number of carbonyl (C=O) groups excluding carboxylic acids is 2. The maximum Gasteiger partial charge on any atom is 0.321 e. The summed E-state index contributed by atoms with van der Waals surface area (Å²) in [5.74, 6) is 0.735. The van der Waals surface area contributed by atoms with Crippen LogP contribution in [0.3, 0.4) is 0 Å². The first-order chi connectivity index (χ1) is 17.2. The zero-order valence-electron chi connectivity index (χ0n) is 20.2. The van der Waals surface area contributed by atoms with Gasteiger partial charge in [0.15, 0.2) is 17.3 Å². The van der Waals surface area contributed by atoms with Crippen molar-refractivity contribution in [2.24, 2.45) is 0 Å². The van der Waals surface area contributed by atoms with Gasteiger partial charge in [0.2, 0.25) is 0 Å². The largest absolute Gasteiger partial charge is 0.493 e. The summed E-state index contributed by atoms with van der Waals surface area (Å²) in [4.78, 5) is 38.5. The average Bonchev–Trinajstić information content (AvgIpc) is 3.21. The molecular weight excluding hydrogens is 527 g/mol. The van der Waals surface area contributed by atoms with Crippen LogP contribution >= 0.6 is 35.1 Å². The van der Waals surface area contributed by atoms with Gasteiger partial charge in [-0.15, -0.1) is 0 Å². The fraction of sp³-hybridized carbons (Fsp3) is 0.333. The number of hydrogen-bond donors (Lipinski definition) is 1. The first-order valence-corrected chi connectivity index (χ1v) is 12.4. The molecule has 9 nitrogen and oxygen atoms in total. The summed E-state index contributed by atoms with van der Waals surface area (Å²) >= 11 is 12.5. The summed E-state index contributed by atoms with van der Waals surface area (Å²) in [6, 6.07) is 5.21. The molecule has 12 heteroatoms. The van der Waals surface area contributed by atoms with E-state index in [4.69, 9.17) is 37.6 Å². The number of methoxy groups -OCH3 is 1. The lowest BCUT2D eigenvalue weighted by atomic mass is 10.1. The van der Waals surface area contributed by atoms with Crippen LogP contribution in [0.1, 0.15) is 26.6 Å². The van der Waals surface area contributed by atoms with Crippen LogP contribution in [0, 0.1) is 0 Å². The smallest absolute Gasteiger partial charge is 0.321 e. The second-order valence-corrected chi connectivity index (χ2v) is 9.92. The molecule has 3 rings (SSSR count). The van der Waals surface area contributed by atoms with E-state index in [-0.39, 0.29) is 19.1 Å². The van der Waals surface area contributed by atoms with Crippen molar-refractivity contribution in [3.63, 3.8) is 0 Å². The number of halogens is 2. The number of esters is 1. The minimum atomic E-state index is -0.895. The number of ether oxygens (including phenoxy) is 3. The van der Waals surface area contributed by atoms with Crippen molar-refractivity contribution in [3.05, 3.63) is 58.5 Å². The molecule has 0 fully saturated rings. The highest BCUT2D eigenvalue weighted by molar-refractivity contribution is 8.12. The summed E-state index contributed by atoms with van der Waals surface area (Å²) in [6.07, 6.45) is 6.74. The molecule has 36 heavy (non-hydrogen) atoms. The minimum absolute atomic E-state index is 0.0839. The summed E-state index contributed by atoms with van der Waals surface area (Å²) < 4.78 is 16.7. The molecule has 1 aliphatic rings. The molecule has 2 heterocycles. The lowest BCUT2D eigenvalue weighted by molar-refractivity contribution is -0.157. The highest BCUT2D eigenvalue weighted by atomic mass is 35.5. The third-order valence-corrected chi connectivity index (χ3v) is 6.40. The maximum absolute atomic E-state index is 13.2. The molecule has 0 atom stereocenters. The fourth-order valence-electron chi connectivity index (χ4n) is 3.20. The van der Waals surface area contributed by atoms with Crippen LogP contribution in [-0.2, 0) is 14.3 Å². The van der Waals surface area contributed by atoms with Crippen LogP contribution in [0.4, 0.5) is 5.69 Å². The summed E-state index contributed by atoms with van der Waals surface area (Å²) in [5, 5.41) is 0.441. The molecule has 2 aromatic rings. The van der Waals surface area contributed by atoms with E-state index in [1.165, 1.54) is 31.3 Å². The van der Waals surface area contributed by atoms with Crippen molar-refractivity contribution in [2.75, 3.05) is 31.7 Å². The zero-order chi connectivity index (χ0) is 26.3. The van der Waals surface area contributed by atoms with Crippen LogP contribution < -0.4 is 19.2 Å². The van der Waals surface area contributed by atoms with E-state index in [1.54, 1.807) is 36.9 Å². The van der Waals surface area contributed by atoms with Gasteiger partial charge < -0.3 is 19.1 Å². The predicted octanol–water partition coefficient (Wildman–Crippen LogP) is 4.61. The highest BCUT2D eigenvalue weighted by Gasteiger charge is 2.29. The third-order valence-electron chi connectivity index (χ3n) is 4.87. The van der Waals surface area contributed by atoms with Gasteiger partial charge in [-0.2, -0.15) is 0 Å². The fourth-order valence-corrected chi connectivity index (χ4v) is 4.31. The Morgan fingerprint density at radius 3 is 2.64 bits per heavy atom. The Labute approximate surface area is 223 Å². The molecule has 0 aliphatic carbocycles. The third kappa shape index (κ3) is 7.13. The SMILES string of the molecule is C/C=C(\SC1=CCN(c2ccc(OCC(C)(C)OC(=O)CNCl)c(OC)c2)C1=O)c1ncc(Cl)cn1. The van der Waals surface area contributed by atoms with Gasteiger partial charge in [0.1, 0.15) is 18.8 Å². The number of allylic oxidation sites excluding steroid dienone is 1. The van der Waals surface area contributed by atoms with E-state index < -0.39 is 11.6 Å². The molecule has 1 N–H and O–H groups in total. The molecule has 1 aromatic carbocycles. The Kier molecular flexibility index (Phi) is 9.61. The maximum atomic E-state index is 13.2. The first-order valence-electron chi connectivity index (χ1n) is 10.9. The van der Waals surface area contributed by atoms with Crippen molar-refractivity contribution in [1.29, 1.82) is 0 Å². The predicted molar refractivity (Wildman–Crippen MR) is 141 cm³/mol. The molecule has 1 aliphatic heterocycles. The quantitative estimate of drug-likeness (QED) is 0.316. The van der Waals surface area contributed by atoms with Gasteiger partial charge in [-0.1, -0.05) is 29.4 Å². The second kappa shape index (κ2) is 12.4. The lowest BCUT2D eigenvalue weighted by Crippen LogP contribution is -2.37. The Hall–Kier alpha value is -2.79. The minimum Gasteiger partial charge on any atom is -0.493 e. The normalized spacial score (nSPS) is 14.1. The van der Waals surface area contributed by atoms with Gasteiger partial charge in [0.05, 0.1) is 21.9 Å². The van der Waals surface area contributed by atoms with Crippen LogP contribution in [0.5, 0.6) is 11.5 Å². The van der Waals surface area contributed by atoms with Crippen molar-refractivity contribution in [3.8, 4) is 11.5 Å². The monoisotopic (exact) mass is 552 g/mol. The number of rotatable bonds is 11. The number of hydrogen-bond acceptors (Lipinski definition) is 9. The molecule has 0 saturated carbocycles. The van der Waals surface area contributed by atoms with Gasteiger partial charge in [-0.05, 0) is 50.8 Å². The van der Waals surface area contributed by atoms with E-state index in [2.05, 4.69) is 14.8 Å². The standard InChI is InChI=1S/C24H26Cl2N4O5S/c1-5-19(22-27-11-15(25)12-28-22)36-20-8-9-30(23(20)32)16-6-7-17(18(10-16)33-4)34-14-24(2,3)35-21(31)13-29-26/h5-8,10-12,29H,9,13-14H2,1-4H3/b19-5-. The number of nitrogens with one attached hydrogen (secondary N) is 1. The Bertz CT molecular complexity index is 1170. The van der Waals surface area contributed by atoms with Crippen molar-refractivity contribution in [2.45, 2.75) is 26.4 Å². The van der Waals surface area contributed by atoms with E-state index in [9.17, 15) is 9.59 Å². The zero-order valence-corrected chi connectivity index (χ0v) is 22.5. The Morgan fingerprint density at radius 2 is 2.00 bits per heavy atom. The van der Waals surface area contributed by atoms with Gasteiger partial charge >= 0.3 is 5.97 Å². The number of thioether (sulfide) groups is 1. The van der Waals surface area contributed by atoms with Crippen LogP contribution in [0.15, 0.2) is 47.6 Å². The molecule has 0 radical (unpaired) electrons. The molecule has 0 bridgehead atoms. The molecule has 1 aromatic heterocycles. The molecule has 0 saturated heterocycles. The Balaban J connectivity index is 1.67. The number of anilines is 1. The van der Waals surface area contributed by atoms with E-state index >= 15 is 0 Å². The molecule has 0 spiro atoms. The Morgan fingerprint density at radius 1 is 1.28 bits per heavy atom. The van der Waals surface area contributed by atoms with Gasteiger partial charge in [-0.3, -0.25) is 9.59 Å². The number of benzene rings is 1. The van der Waals surface area contributed by atoms with Gasteiger partial charge in [-0.25, -0.2) is 14.8 Å². The number of aromatic nitrogens is 2. The van der Waals surface area contributed by atoms with E-state index in [0.717, 1.165) is 4.91 Å². The summed E-state index contributed by atoms with van der Waals surface area (Å²) in [5.41, 5.74) is -0.243.